The van der Waals surface area contributed by atoms with E-state index in [0.29, 0.717) is 29.0 Å². The molecule has 3 amide bonds. The van der Waals surface area contributed by atoms with E-state index in [1.165, 1.54) is 43.5 Å². The Labute approximate surface area is 300 Å². The van der Waals surface area contributed by atoms with E-state index in [0.717, 1.165) is 43.5 Å². The summed E-state index contributed by atoms with van der Waals surface area (Å²) in [5.41, 5.74) is -2.77. The third-order valence-electron chi connectivity index (χ3n) is 8.72. The summed E-state index contributed by atoms with van der Waals surface area (Å²) in [5, 5.41) is 7.54. The summed E-state index contributed by atoms with van der Waals surface area (Å²) in [7, 11) is 1.26. The highest BCUT2D eigenvalue weighted by Crippen LogP contribution is 2.41. The third-order valence-corrected chi connectivity index (χ3v) is 9.87. The van der Waals surface area contributed by atoms with Crippen molar-refractivity contribution in [1.29, 1.82) is 0 Å². The van der Waals surface area contributed by atoms with Gasteiger partial charge in [0.25, 0.3) is 11.8 Å². The SMILES string of the molecule is COc1ccc(-c2cc(CNC(=O)C3CCC3)ccc2F)cc1C(=O)Nc1c(C(=O)Nc2ccc(F)c(C(F)(F)F)c2)sc2cc(C(F)(F)F)ccc12. The minimum Gasteiger partial charge on any atom is -0.496 e. The standard InChI is InChI=1S/C37H27F8N3O4S/c1-52-29-12-6-20(24-13-18(5-10-27(24)38)17-46-33(49)19-3-2-4-19)14-25(29)34(50)48-31-23-9-7-21(36(40,41)42)15-30(23)53-32(31)35(51)47-22-8-11-28(39)26(16-22)37(43,44)45/h5-16,19H,2-4,17H2,1H3,(H,46,49)(H,47,51)(H,48,50). The maximum atomic E-state index is 15.2. The van der Waals surface area contributed by atoms with Crippen LogP contribution in [-0.2, 0) is 23.7 Å². The molecule has 16 heteroatoms. The molecule has 0 unspecified atom stereocenters. The summed E-state index contributed by atoms with van der Waals surface area (Å²) >= 11 is 0.525. The van der Waals surface area contributed by atoms with Gasteiger partial charge in [0.15, 0.2) is 0 Å². The number of amides is 3. The second kappa shape index (κ2) is 14.5. The number of carbonyl (C=O) groups excluding carboxylic acids is 3. The maximum absolute atomic E-state index is 15.2. The van der Waals surface area contributed by atoms with Crippen molar-refractivity contribution in [1.82, 2.24) is 5.32 Å². The van der Waals surface area contributed by atoms with Gasteiger partial charge >= 0.3 is 12.4 Å². The van der Waals surface area contributed by atoms with Crippen molar-refractivity contribution in [3.05, 3.63) is 112 Å². The summed E-state index contributed by atoms with van der Waals surface area (Å²) in [6.07, 6.45) is -7.29. The van der Waals surface area contributed by atoms with Crippen molar-refractivity contribution < 1.29 is 54.2 Å². The Bertz CT molecular complexity index is 2250. The lowest BCUT2D eigenvalue weighted by atomic mass is 9.85. The first-order chi connectivity index (χ1) is 25.0. The number of halogens is 8. The number of carbonyl (C=O) groups is 3. The molecule has 276 valence electrons. The fourth-order valence-electron chi connectivity index (χ4n) is 5.71. The zero-order valence-electron chi connectivity index (χ0n) is 27.4. The van der Waals surface area contributed by atoms with Crippen LogP contribution in [0.4, 0.5) is 46.5 Å². The molecule has 0 aliphatic heterocycles. The lowest BCUT2D eigenvalue weighted by Crippen LogP contribution is -2.33. The minimum absolute atomic E-state index is 0.00518. The average Bonchev–Trinajstić information content (AvgIpc) is 3.44. The first kappa shape index (κ1) is 37.3. The summed E-state index contributed by atoms with van der Waals surface area (Å²) < 4.78 is 115. The molecule has 3 N–H and O–H groups in total. The lowest BCUT2D eigenvalue weighted by molar-refractivity contribution is -0.140. The van der Waals surface area contributed by atoms with Crippen LogP contribution in [0.25, 0.3) is 21.2 Å². The van der Waals surface area contributed by atoms with Gasteiger partial charge in [-0.15, -0.1) is 11.3 Å². The van der Waals surface area contributed by atoms with E-state index in [1.807, 2.05) is 0 Å². The predicted octanol–water partition coefficient (Wildman–Crippen LogP) is 9.81. The van der Waals surface area contributed by atoms with Crippen molar-refractivity contribution in [2.24, 2.45) is 5.92 Å². The molecular formula is C37H27F8N3O4S. The summed E-state index contributed by atoms with van der Waals surface area (Å²) in [5.74, 6) is -4.43. The van der Waals surface area contributed by atoms with E-state index in [9.17, 15) is 45.1 Å². The Balaban J connectivity index is 1.35. The van der Waals surface area contributed by atoms with Crippen LogP contribution in [0.5, 0.6) is 5.75 Å². The number of rotatable bonds is 9. The number of methoxy groups -OCH3 is 1. The van der Waals surface area contributed by atoms with Crippen LogP contribution in [0.2, 0.25) is 0 Å². The van der Waals surface area contributed by atoms with Crippen molar-refractivity contribution >= 4 is 50.5 Å². The molecule has 0 spiro atoms. The van der Waals surface area contributed by atoms with Crippen molar-refractivity contribution in [3.63, 3.8) is 0 Å². The largest absolute Gasteiger partial charge is 0.496 e. The smallest absolute Gasteiger partial charge is 0.419 e. The van der Waals surface area contributed by atoms with Crippen LogP contribution in [0.15, 0.2) is 72.8 Å². The Kier molecular flexibility index (Phi) is 10.2. The highest BCUT2D eigenvalue weighted by Gasteiger charge is 2.35. The molecule has 5 aromatic rings. The van der Waals surface area contributed by atoms with Gasteiger partial charge in [-0.1, -0.05) is 24.6 Å². The summed E-state index contributed by atoms with van der Waals surface area (Å²) in [6.45, 7) is 0.133. The van der Waals surface area contributed by atoms with E-state index >= 15 is 4.39 Å². The minimum atomic E-state index is -5.10. The number of fused-ring (bicyclic) bond motifs is 1. The Hall–Kier alpha value is -5.51. The fraction of sp³-hybridized carbons (Fsp3) is 0.216. The van der Waals surface area contributed by atoms with Crippen molar-refractivity contribution in [2.45, 2.75) is 38.2 Å². The molecule has 0 radical (unpaired) electrons. The highest BCUT2D eigenvalue weighted by atomic mass is 32.1. The van der Waals surface area contributed by atoms with Gasteiger partial charge in [0.05, 0.1) is 29.5 Å². The molecule has 0 bridgehead atoms. The van der Waals surface area contributed by atoms with Crippen LogP contribution in [0.1, 0.15) is 56.0 Å². The number of hydrogen-bond donors (Lipinski definition) is 3. The van der Waals surface area contributed by atoms with E-state index in [2.05, 4.69) is 16.0 Å². The first-order valence-electron chi connectivity index (χ1n) is 15.9. The Morgan fingerprint density at radius 3 is 2.21 bits per heavy atom. The fourth-order valence-corrected chi connectivity index (χ4v) is 6.80. The van der Waals surface area contributed by atoms with Crippen LogP contribution in [0.3, 0.4) is 0 Å². The van der Waals surface area contributed by atoms with Crippen LogP contribution >= 0.6 is 11.3 Å². The molecule has 7 nitrogen and oxygen atoms in total. The number of hydrogen-bond acceptors (Lipinski definition) is 5. The van der Waals surface area contributed by atoms with Crippen molar-refractivity contribution in [3.8, 4) is 16.9 Å². The number of benzene rings is 4. The molecule has 1 aliphatic rings. The van der Waals surface area contributed by atoms with E-state index in [-0.39, 0.29) is 61.5 Å². The molecule has 0 atom stereocenters. The Morgan fingerprint density at radius 1 is 0.811 bits per heavy atom. The number of alkyl halides is 6. The molecule has 1 aromatic heterocycles. The molecule has 1 aliphatic carbocycles. The molecule has 1 saturated carbocycles. The first-order valence-corrected chi connectivity index (χ1v) is 16.7. The molecule has 1 fully saturated rings. The molecule has 1 heterocycles. The zero-order valence-corrected chi connectivity index (χ0v) is 28.2. The molecular weight excluding hydrogens is 734 g/mol. The quantitative estimate of drug-likeness (QED) is 0.130. The number of anilines is 2. The number of thiophene rings is 1. The topological polar surface area (TPSA) is 96.5 Å². The van der Waals surface area contributed by atoms with Gasteiger partial charge in [0.2, 0.25) is 5.91 Å². The van der Waals surface area contributed by atoms with E-state index in [4.69, 9.17) is 4.74 Å². The average molecular weight is 762 g/mol. The lowest BCUT2D eigenvalue weighted by Gasteiger charge is -2.24. The Morgan fingerprint density at radius 2 is 1.55 bits per heavy atom. The molecule has 6 rings (SSSR count). The number of ether oxygens (including phenoxy) is 1. The van der Waals surface area contributed by atoms with Crippen LogP contribution in [0, 0.1) is 17.6 Å². The predicted molar refractivity (Wildman–Crippen MR) is 182 cm³/mol. The van der Waals surface area contributed by atoms with Gasteiger partial charge in [0.1, 0.15) is 22.3 Å². The van der Waals surface area contributed by atoms with Gasteiger partial charge in [-0.25, -0.2) is 8.78 Å². The molecule has 0 saturated heterocycles. The second-order valence-electron chi connectivity index (χ2n) is 12.2. The van der Waals surface area contributed by atoms with Crippen LogP contribution in [-0.4, -0.2) is 24.8 Å². The van der Waals surface area contributed by atoms with E-state index < -0.39 is 52.6 Å². The van der Waals surface area contributed by atoms with E-state index in [1.54, 1.807) is 0 Å². The highest BCUT2D eigenvalue weighted by molar-refractivity contribution is 7.21. The van der Waals surface area contributed by atoms with Crippen LogP contribution < -0.4 is 20.7 Å². The summed E-state index contributed by atoms with van der Waals surface area (Å²) in [6, 6.07) is 12.6. The van der Waals surface area contributed by atoms with Gasteiger partial charge in [-0.3, -0.25) is 14.4 Å². The zero-order chi connectivity index (χ0) is 38.2. The normalized spacial score (nSPS) is 13.4. The maximum Gasteiger partial charge on any atom is 0.419 e. The monoisotopic (exact) mass is 761 g/mol. The van der Waals surface area contributed by atoms with Gasteiger partial charge in [0, 0.05) is 33.8 Å². The van der Waals surface area contributed by atoms with Crippen molar-refractivity contribution in [2.75, 3.05) is 17.7 Å². The summed E-state index contributed by atoms with van der Waals surface area (Å²) in [4.78, 5) is 39.3. The number of nitrogens with one attached hydrogen (secondary N) is 3. The molecule has 53 heavy (non-hydrogen) atoms. The molecule has 4 aromatic carbocycles. The van der Waals surface area contributed by atoms with Gasteiger partial charge in [-0.05, 0) is 78.6 Å². The van der Waals surface area contributed by atoms with Gasteiger partial charge in [-0.2, -0.15) is 26.3 Å². The second-order valence-corrected chi connectivity index (χ2v) is 13.2. The van der Waals surface area contributed by atoms with Gasteiger partial charge < -0.3 is 20.7 Å². The third kappa shape index (κ3) is 7.96.